The van der Waals surface area contributed by atoms with Gasteiger partial charge in [0.05, 0.1) is 12.2 Å². The van der Waals surface area contributed by atoms with E-state index in [1.54, 1.807) is 13.0 Å². The summed E-state index contributed by atoms with van der Waals surface area (Å²) in [5, 5.41) is 10.7. The lowest BCUT2D eigenvalue weighted by Crippen LogP contribution is -2.14. The highest BCUT2D eigenvalue weighted by molar-refractivity contribution is 6.02. The van der Waals surface area contributed by atoms with Gasteiger partial charge in [-0.1, -0.05) is 18.0 Å². The number of carbonyl (C=O) groups is 1. The van der Waals surface area contributed by atoms with Crippen molar-refractivity contribution in [2.75, 3.05) is 5.32 Å². The Labute approximate surface area is 110 Å². The summed E-state index contributed by atoms with van der Waals surface area (Å²) in [6.45, 7) is 1.75. The Bertz CT molecular complexity index is 581. The van der Waals surface area contributed by atoms with E-state index in [2.05, 4.69) is 15.6 Å². The van der Waals surface area contributed by atoms with Gasteiger partial charge in [0.1, 0.15) is 5.69 Å². The molecule has 1 aliphatic rings. The van der Waals surface area contributed by atoms with E-state index in [4.69, 9.17) is 4.52 Å². The zero-order chi connectivity index (χ0) is 13.2. The lowest BCUT2D eigenvalue weighted by Gasteiger charge is -2.08. The molecular weight excluding hydrogens is 244 g/mol. The van der Waals surface area contributed by atoms with Gasteiger partial charge in [0.2, 0.25) is 0 Å². The van der Waals surface area contributed by atoms with Crippen LogP contribution in [0.2, 0.25) is 0 Å². The molecule has 2 aromatic rings. The van der Waals surface area contributed by atoms with Crippen molar-refractivity contribution in [3.63, 3.8) is 0 Å². The molecule has 6 nitrogen and oxygen atoms in total. The number of hydrogen-bond acceptors (Lipinski definition) is 4. The van der Waals surface area contributed by atoms with E-state index < -0.39 is 0 Å². The van der Waals surface area contributed by atoms with Crippen molar-refractivity contribution in [1.29, 1.82) is 0 Å². The third-order valence-electron chi connectivity index (χ3n) is 3.54. The maximum absolute atomic E-state index is 12.0. The fraction of sp³-hybridized carbons (Fsp3) is 0.462. The molecule has 0 aromatic carbocycles. The number of amides is 1. The summed E-state index contributed by atoms with van der Waals surface area (Å²) in [6, 6.07) is 2.19. The van der Waals surface area contributed by atoms with Crippen LogP contribution < -0.4 is 5.32 Å². The molecule has 0 unspecified atom stereocenters. The molecular formula is C13H16N4O2. The van der Waals surface area contributed by atoms with Gasteiger partial charge in [0, 0.05) is 6.20 Å². The van der Waals surface area contributed by atoms with E-state index >= 15 is 0 Å². The average Bonchev–Trinajstić information content (AvgIpc) is 3.09. The average molecular weight is 260 g/mol. The van der Waals surface area contributed by atoms with Crippen LogP contribution >= 0.6 is 0 Å². The highest BCUT2D eigenvalue weighted by atomic mass is 16.5. The van der Waals surface area contributed by atoms with Crippen molar-refractivity contribution in [2.24, 2.45) is 0 Å². The molecule has 0 atom stereocenters. The molecule has 1 fully saturated rings. The van der Waals surface area contributed by atoms with Crippen LogP contribution in [0, 0.1) is 6.92 Å². The number of hydrogen-bond donors (Lipinski definition) is 1. The summed E-state index contributed by atoms with van der Waals surface area (Å²) >= 11 is 0. The Morgan fingerprint density at radius 3 is 2.95 bits per heavy atom. The van der Waals surface area contributed by atoms with Gasteiger partial charge in [0.15, 0.2) is 11.5 Å². The summed E-state index contributed by atoms with van der Waals surface area (Å²) in [5.41, 5.74) is 1.01. The van der Waals surface area contributed by atoms with Gasteiger partial charge in [-0.15, -0.1) is 0 Å². The van der Waals surface area contributed by atoms with Crippen molar-refractivity contribution < 1.29 is 9.32 Å². The predicted octanol–water partition coefficient (Wildman–Crippen LogP) is 2.55. The minimum absolute atomic E-state index is 0.233. The number of anilines is 1. The molecule has 3 rings (SSSR count). The molecule has 19 heavy (non-hydrogen) atoms. The molecule has 0 aliphatic heterocycles. The van der Waals surface area contributed by atoms with Crippen LogP contribution in [0.4, 0.5) is 5.69 Å². The van der Waals surface area contributed by atoms with Crippen molar-refractivity contribution in [3.05, 3.63) is 29.9 Å². The van der Waals surface area contributed by atoms with Gasteiger partial charge in [-0.3, -0.25) is 9.48 Å². The van der Waals surface area contributed by atoms with Gasteiger partial charge >= 0.3 is 0 Å². The lowest BCUT2D eigenvalue weighted by atomic mass is 10.3. The Morgan fingerprint density at radius 2 is 2.26 bits per heavy atom. The zero-order valence-electron chi connectivity index (χ0n) is 10.8. The molecule has 6 heteroatoms. The molecule has 1 saturated carbocycles. The molecule has 1 N–H and O–H groups in total. The molecule has 0 spiro atoms. The number of carbonyl (C=O) groups excluding carboxylic acids is 1. The first-order chi connectivity index (χ1) is 9.24. The maximum Gasteiger partial charge on any atom is 0.276 e. The Kier molecular flexibility index (Phi) is 3.06. The summed E-state index contributed by atoms with van der Waals surface area (Å²) in [5.74, 6) is 0.353. The van der Waals surface area contributed by atoms with Crippen LogP contribution in [0.25, 0.3) is 0 Å². The van der Waals surface area contributed by atoms with Crippen molar-refractivity contribution in [1.82, 2.24) is 14.9 Å². The van der Waals surface area contributed by atoms with Crippen LogP contribution in [0.5, 0.6) is 0 Å². The van der Waals surface area contributed by atoms with Gasteiger partial charge in [-0.25, -0.2) is 0 Å². The summed E-state index contributed by atoms with van der Waals surface area (Å²) in [6.07, 6.45) is 8.14. The van der Waals surface area contributed by atoms with Crippen molar-refractivity contribution >= 4 is 11.6 Å². The third kappa shape index (κ3) is 2.38. The maximum atomic E-state index is 12.0. The van der Waals surface area contributed by atoms with Crippen LogP contribution in [0.15, 0.2) is 23.0 Å². The van der Waals surface area contributed by atoms with E-state index in [0.717, 1.165) is 12.8 Å². The Balaban J connectivity index is 1.72. The molecule has 0 saturated heterocycles. The van der Waals surface area contributed by atoms with E-state index in [1.165, 1.54) is 19.0 Å². The van der Waals surface area contributed by atoms with E-state index in [9.17, 15) is 4.79 Å². The van der Waals surface area contributed by atoms with Crippen LogP contribution in [0.1, 0.15) is 48.0 Å². The van der Waals surface area contributed by atoms with E-state index in [0.29, 0.717) is 23.2 Å². The third-order valence-corrected chi connectivity index (χ3v) is 3.54. The molecule has 1 aliphatic carbocycles. The van der Waals surface area contributed by atoms with E-state index in [1.807, 2.05) is 10.9 Å². The fourth-order valence-electron chi connectivity index (χ4n) is 2.44. The van der Waals surface area contributed by atoms with Crippen LogP contribution in [-0.2, 0) is 0 Å². The Morgan fingerprint density at radius 1 is 1.47 bits per heavy atom. The molecule has 1 amide bonds. The summed E-state index contributed by atoms with van der Waals surface area (Å²) in [4.78, 5) is 12.0. The molecule has 2 aromatic heterocycles. The van der Waals surface area contributed by atoms with E-state index in [-0.39, 0.29) is 5.91 Å². The lowest BCUT2D eigenvalue weighted by molar-refractivity contribution is 0.102. The quantitative estimate of drug-likeness (QED) is 0.920. The van der Waals surface area contributed by atoms with Gasteiger partial charge < -0.3 is 9.84 Å². The largest absolute Gasteiger partial charge is 0.359 e. The first-order valence-electron chi connectivity index (χ1n) is 6.52. The number of aromatic nitrogens is 3. The number of nitrogens with zero attached hydrogens (tertiary/aromatic N) is 3. The molecule has 100 valence electrons. The smallest absolute Gasteiger partial charge is 0.276 e. The fourth-order valence-corrected chi connectivity index (χ4v) is 2.44. The minimum Gasteiger partial charge on any atom is -0.359 e. The second kappa shape index (κ2) is 4.87. The predicted molar refractivity (Wildman–Crippen MR) is 68.9 cm³/mol. The molecule has 2 heterocycles. The zero-order valence-corrected chi connectivity index (χ0v) is 10.8. The van der Waals surface area contributed by atoms with Crippen LogP contribution in [0.3, 0.4) is 0 Å². The Hall–Kier alpha value is -2.11. The molecule has 0 radical (unpaired) electrons. The second-order valence-electron chi connectivity index (χ2n) is 4.87. The summed E-state index contributed by atoms with van der Waals surface area (Å²) < 4.78 is 6.80. The topological polar surface area (TPSA) is 73.0 Å². The van der Waals surface area contributed by atoms with Crippen molar-refractivity contribution in [3.8, 4) is 0 Å². The summed E-state index contributed by atoms with van der Waals surface area (Å²) in [7, 11) is 0. The first-order valence-corrected chi connectivity index (χ1v) is 6.52. The number of rotatable bonds is 3. The second-order valence-corrected chi connectivity index (χ2v) is 4.87. The van der Waals surface area contributed by atoms with Gasteiger partial charge in [0.25, 0.3) is 5.91 Å². The molecule has 0 bridgehead atoms. The van der Waals surface area contributed by atoms with Gasteiger partial charge in [-0.2, -0.15) is 5.10 Å². The van der Waals surface area contributed by atoms with Crippen LogP contribution in [-0.4, -0.2) is 20.8 Å². The monoisotopic (exact) mass is 260 g/mol. The number of aryl methyl sites for hydroxylation is 1. The van der Waals surface area contributed by atoms with Gasteiger partial charge in [-0.05, 0) is 25.8 Å². The number of nitrogens with one attached hydrogen (secondary N) is 1. The first kappa shape index (κ1) is 12.0. The standard InChI is InChI=1S/C13H16N4O2/c1-9-12(8-14-19-9)15-13(18)11-6-7-17(16-11)10-4-2-3-5-10/h6-8,10H,2-5H2,1H3,(H,15,18). The highest BCUT2D eigenvalue weighted by Gasteiger charge is 2.19. The normalized spacial score (nSPS) is 15.8. The highest BCUT2D eigenvalue weighted by Crippen LogP contribution is 2.28. The minimum atomic E-state index is -0.233. The van der Waals surface area contributed by atoms with Crippen molar-refractivity contribution in [2.45, 2.75) is 38.6 Å². The SMILES string of the molecule is Cc1oncc1NC(=O)c1ccn(C2CCCC2)n1.